The van der Waals surface area contributed by atoms with Crippen molar-refractivity contribution in [2.45, 2.75) is 10.3 Å². The quantitative estimate of drug-likeness (QED) is 0.898. The van der Waals surface area contributed by atoms with Crippen LogP contribution in [0.5, 0.6) is 11.5 Å². The maximum Gasteiger partial charge on any atom is 0.132 e. The van der Waals surface area contributed by atoms with Crippen LogP contribution in [0.4, 0.5) is 0 Å². The normalized spacial score (nSPS) is 20.7. The fourth-order valence-electron chi connectivity index (χ4n) is 1.94. The third kappa shape index (κ3) is 3.10. The third-order valence-electron chi connectivity index (χ3n) is 3.09. The minimum absolute atomic E-state index is 0.430. The molecule has 5 heteroatoms. The van der Waals surface area contributed by atoms with Crippen molar-refractivity contribution in [2.75, 3.05) is 40.9 Å². The summed E-state index contributed by atoms with van der Waals surface area (Å²) < 4.78 is 10.7. The van der Waals surface area contributed by atoms with Crippen LogP contribution in [-0.2, 0) is 0 Å². The Bertz CT molecular complexity index is 401. The average molecular weight is 268 g/mol. The SMILES string of the molecule is COc1ccc(OC)c(SC2CNCCN2C)c1. The smallest absolute Gasteiger partial charge is 0.132 e. The van der Waals surface area contributed by atoms with Gasteiger partial charge in [0.05, 0.1) is 24.5 Å². The van der Waals surface area contributed by atoms with Gasteiger partial charge in [0.25, 0.3) is 0 Å². The number of thioether (sulfide) groups is 1. The van der Waals surface area contributed by atoms with Crippen LogP contribution in [0.2, 0.25) is 0 Å². The number of rotatable bonds is 4. The Balaban J connectivity index is 2.15. The molecule has 2 rings (SSSR count). The summed E-state index contributed by atoms with van der Waals surface area (Å²) in [7, 11) is 5.55. The molecular formula is C13H20N2O2S. The van der Waals surface area contributed by atoms with Crippen molar-refractivity contribution in [1.82, 2.24) is 10.2 Å². The number of piperazine rings is 1. The zero-order valence-corrected chi connectivity index (χ0v) is 11.9. The Kier molecular flexibility index (Phi) is 4.74. The highest BCUT2D eigenvalue weighted by Crippen LogP contribution is 2.36. The molecule has 1 aromatic rings. The molecule has 1 unspecified atom stereocenters. The Labute approximate surface area is 113 Å². The zero-order valence-electron chi connectivity index (χ0n) is 11.1. The molecule has 100 valence electrons. The molecule has 0 aromatic heterocycles. The number of nitrogens with zero attached hydrogens (tertiary/aromatic N) is 1. The van der Waals surface area contributed by atoms with E-state index in [4.69, 9.17) is 9.47 Å². The van der Waals surface area contributed by atoms with Gasteiger partial charge in [0.1, 0.15) is 11.5 Å². The summed E-state index contributed by atoms with van der Waals surface area (Å²) in [5.74, 6) is 1.77. The van der Waals surface area contributed by atoms with Crippen molar-refractivity contribution in [3.63, 3.8) is 0 Å². The second-order valence-electron chi connectivity index (χ2n) is 4.27. The Hall–Kier alpha value is -0.910. The van der Waals surface area contributed by atoms with Gasteiger partial charge in [-0.2, -0.15) is 0 Å². The lowest BCUT2D eigenvalue weighted by molar-refractivity contribution is 0.266. The average Bonchev–Trinajstić information content (AvgIpc) is 2.41. The molecule has 0 amide bonds. The van der Waals surface area contributed by atoms with Gasteiger partial charge in [-0.25, -0.2) is 0 Å². The molecule has 18 heavy (non-hydrogen) atoms. The summed E-state index contributed by atoms with van der Waals surface area (Å²) in [6, 6.07) is 5.91. The molecule has 0 radical (unpaired) electrons. The van der Waals surface area contributed by atoms with Crippen LogP contribution in [0.3, 0.4) is 0 Å². The van der Waals surface area contributed by atoms with E-state index >= 15 is 0 Å². The first kappa shape index (κ1) is 13.5. The van der Waals surface area contributed by atoms with Gasteiger partial charge in [0.2, 0.25) is 0 Å². The molecule has 4 nitrogen and oxygen atoms in total. The van der Waals surface area contributed by atoms with Gasteiger partial charge < -0.3 is 14.8 Å². The lowest BCUT2D eigenvalue weighted by atomic mass is 10.3. The minimum atomic E-state index is 0.430. The van der Waals surface area contributed by atoms with E-state index in [0.717, 1.165) is 36.0 Å². The van der Waals surface area contributed by atoms with E-state index in [1.165, 1.54) is 0 Å². The summed E-state index contributed by atoms with van der Waals surface area (Å²) in [6.07, 6.45) is 0. The number of hydrogen-bond donors (Lipinski definition) is 1. The highest BCUT2D eigenvalue weighted by molar-refractivity contribution is 8.00. The Morgan fingerprint density at radius 3 is 2.83 bits per heavy atom. The second-order valence-corrected chi connectivity index (χ2v) is 5.49. The highest BCUT2D eigenvalue weighted by atomic mass is 32.2. The number of hydrogen-bond acceptors (Lipinski definition) is 5. The number of ether oxygens (including phenoxy) is 2. The van der Waals surface area contributed by atoms with Crippen molar-refractivity contribution >= 4 is 11.8 Å². The van der Waals surface area contributed by atoms with Gasteiger partial charge in [-0.05, 0) is 25.2 Å². The standard InChI is InChI=1S/C13H20N2O2S/c1-15-7-6-14-9-13(15)18-12-8-10(16-2)4-5-11(12)17-3/h4-5,8,13-14H,6-7,9H2,1-3H3. The van der Waals surface area contributed by atoms with Crippen molar-refractivity contribution < 1.29 is 9.47 Å². The topological polar surface area (TPSA) is 33.7 Å². The lowest BCUT2D eigenvalue weighted by Gasteiger charge is -2.32. The summed E-state index contributed by atoms with van der Waals surface area (Å²) in [6.45, 7) is 3.12. The molecule has 1 atom stereocenters. The van der Waals surface area contributed by atoms with Crippen LogP contribution in [0.1, 0.15) is 0 Å². The molecule has 1 N–H and O–H groups in total. The van der Waals surface area contributed by atoms with E-state index in [1.54, 1.807) is 14.2 Å². The van der Waals surface area contributed by atoms with Crippen molar-refractivity contribution in [3.8, 4) is 11.5 Å². The van der Waals surface area contributed by atoms with E-state index < -0.39 is 0 Å². The first-order valence-electron chi connectivity index (χ1n) is 6.04. The maximum absolute atomic E-state index is 5.41. The molecule has 0 bridgehead atoms. The highest BCUT2D eigenvalue weighted by Gasteiger charge is 2.21. The van der Waals surface area contributed by atoms with Crippen LogP contribution in [0.25, 0.3) is 0 Å². The van der Waals surface area contributed by atoms with Gasteiger partial charge in [0, 0.05) is 19.6 Å². The minimum Gasteiger partial charge on any atom is -0.497 e. The Morgan fingerprint density at radius 1 is 1.33 bits per heavy atom. The molecule has 1 saturated heterocycles. The molecular weight excluding hydrogens is 248 g/mol. The number of benzene rings is 1. The van der Waals surface area contributed by atoms with Crippen LogP contribution >= 0.6 is 11.8 Å². The van der Waals surface area contributed by atoms with Gasteiger partial charge >= 0.3 is 0 Å². The van der Waals surface area contributed by atoms with Gasteiger partial charge in [-0.3, -0.25) is 4.90 Å². The summed E-state index contributed by atoms with van der Waals surface area (Å²) in [5.41, 5.74) is 0. The monoisotopic (exact) mass is 268 g/mol. The summed E-state index contributed by atoms with van der Waals surface area (Å²) in [5, 5.41) is 3.85. The Morgan fingerprint density at radius 2 is 2.17 bits per heavy atom. The van der Waals surface area contributed by atoms with Gasteiger partial charge in [-0.15, -0.1) is 11.8 Å². The molecule has 0 aliphatic carbocycles. The first-order valence-corrected chi connectivity index (χ1v) is 6.92. The third-order valence-corrected chi connectivity index (χ3v) is 4.46. The molecule has 1 fully saturated rings. The van der Waals surface area contributed by atoms with Crippen molar-refractivity contribution in [1.29, 1.82) is 0 Å². The fraction of sp³-hybridized carbons (Fsp3) is 0.538. The van der Waals surface area contributed by atoms with Gasteiger partial charge in [0.15, 0.2) is 0 Å². The van der Waals surface area contributed by atoms with E-state index in [1.807, 2.05) is 30.0 Å². The van der Waals surface area contributed by atoms with Crippen molar-refractivity contribution in [3.05, 3.63) is 18.2 Å². The second kappa shape index (κ2) is 6.31. The van der Waals surface area contributed by atoms with E-state index in [0.29, 0.717) is 5.37 Å². The molecule has 1 aromatic carbocycles. The fourth-order valence-corrected chi connectivity index (χ4v) is 3.17. The van der Waals surface area contributed by atoms with E-state index in [-0.39, 0.29) is 0 Å². The molecule has 1 aliphatic rings. The van der Waals surface area contributed by atoms with Crippen LogP contribution < -0.4 is 14.8 Å². The van der Waals surface area contributed by atoms with E-state index in [2.05, 4.69) is 17.3 Å². The van der Waals surface area contributed by atoms with Crippen LogP contribution in [0, 0.1) is 0 Å². The zero-order chi connectivity index (χ0) is 13.0. The largest absolute Gasteiger partial charge is 0.497 e. The van der Waals surface area contributed by atoms with Crippen molar-refractivity contribution in [2.24, 2.45) is 0 Å². The molecule has 1 aliphatic heterocycles. The van der Waals surface area contributed by atoms with Crippen LogP contribution in [-0.4, -0.2) is 51.2 Å². The summed E-state index contributed by atoms with van der Waals surface area (Å²) in [4.78, 5) is 3.48. The predicted molar refractivity (Wildman–Crippen MR) is 74.7 cm³/mol. The van der Waals surface area contributed by atoms with Gasteiger partial charge in [-0.1, -0.05) is 0 Å². The molecule has 0 saturated carbocycles. The lowest BCUT2D eigenvalue weighted by Crippen LogP contribution is -2.47. The number of nitrogens with one attached hydrogen (secondary N) is 1. The number of methoxy groups -OCH3 is 2. The van der Waals surface area contributed by atoms with E-state index in [9.17, 15) is 0 Å². The summed E-state index contributed by atoms with van der Waals surface area (Å²) >= 11 is 1.81. The number of likely N-dealkylation sites (N-methyl/N-ethyl adjacent to an activating group) is 1. The predicted octanol–water partition coefficient (Wildman–Crippen LogP) is 1.66. The maximum atomic E-state index is 5.41. The molecule has 1 heterocycles. The molecule has 0 spiro atoms. The van der Waals surface area contributed by atoms with Crippen LogP contribution in [0.15, 0.2) is 23.1 Å². The first-order chi connectivity index (χ1) is 8.74.